The molecule has 0 aliphatic rings. The third kappa shape index (κ3) is 3.38. The van der Waals surface area contributed by atoms with Gasteiger partial charge in [0.25, 0.3) is 5.91 Å². The summed E-state index contributed by atoms with van der Waals surface area (Å²) in [4.78, 5) is 35.2. The first kappa shape index (κ1) is 14.6. The minimum absolute atomic E-state index is 0.0641. The Bertz CT molecular complexity index is 708. The molecule has 0 atom stereocenters. The number of aromatic nitrogens is 3. The summed E-state index contributed by atoms with van der Waals surface area (Å²) < 4.78 is 0. The summed E-state index contributed by atoms with van der Waals surface area (Å²) in [6, 6.07) is 4.50. The molecule has 2 aromatic rings. The molecule has 0 aromatic carbocycles. The van der Waals surface area contributed by atoms with E-state index in [0.29, 0.717) is 0 Å². The molecule has 0 spiro atoms. The lowest BCUT2D eigenvalue weighted by Gasteiger charge is -2.06. The van der Waals surface area contributed by atoms with Crippen molar-refractivity contribution in [3.8, 4) is 0 Å². The Labute approximate surface area is 121 Å². The molecule has 2 rings (SSSR count). The van der Waals surface area contributed by atoms with E-state index < -0.39 is 11.9 Å². The van der Waals surface area contributed by atoms with Crippen LogP contribution in [0.5, 0.6) is 0 Å². The van der Waals surface area contributed by atoms with Crippen molar-refractivity contribution in [2.24, 2.45) is 0 Å². The first-order chi connectivity index (χ1) is 9.86. The fourth-order valence-electron chi connectivity index (χ4n) is 1.86. The third-order valence-electron chi connectivity index (χ3n) is 2.76. The van der Waals surface area contributed by atoms with E-state index in [1.807, 2.05) is 0 Å². The summed E-state index contributed by atoms with van der Waals surface area (Å²) in [7, 11) is 0. The summed E-state index contributed by atoms with van der Waals surface area (Å²) in [6.45, 7) is 5.14. The molecule has 7 heteroatoms. The van der Waals surface area contributed by atoms with E-state index in [1.165, 1.54) is 19.1 Å². The number of nitrogens with zero attached hydrogens (tertiary/aromatic N) is 3. The molecular weight excluding hydrogens is 272 g/mol. The van der Waals surface area contributed by atoms with Crippen LogP contribution in [-0.4, -0.2) is 31.9 Å². The van der Waals surface area contributed by atoms with Gasteiger partial charge in [-0.3, -0.25) is 10.1 Å². The molecule has 0 unspecified atom stereocenters. The number of rotatable bonds is 3. The Balaban J connectivity index is 2.24. The third-order valence-corrected chi connectivity index (χ3v) is 2.76. The standard InChI is InChI=1S/C14H14N4O3/c1-7-6-8(2)16-14(15-7)18-12(19)11-5-4-10(13(20)21)9(3)17-11/h4-6H,1-3H3,(H,20,21)(H,15,16,18,19). The van der Waals surface area contributed by atoms with E-state index in [0.717, 1.165) is 11.4 Å². The second-order valence-electron chi connectivity index (χ2n) is 4.56. The van der Waals surface area contributed by atoms with Gasteiger partial charge in [-0.15, -0.1) is 0 Å². The van der Waals surface area contributed by atoms with E-state index in [9.17, 15) is 9.59 Å². The highest BCUT2D eigenvalue weighted by atomic mass is 16.4. The van der Waals surface area contributed by atoms with Crippen LogP contribution in [0.25, 0.3) is 0 Å². The van der Waals surface area contributed by atoms with Gasteiger partial charge in [-0.2, -0.15) is 0 Å². The van der Waals surface area contributed by atoms with Gasteiger partial charge < -0.3 is 5.11 Å². The van der Waals surface area contributed by atoms with Crippen LogP contribution in [0.15, 0.2) is 18.2 Å². The zero-order chi connectivity index (χ0) is 15.6. The molecule has 0 aliphatic heterocycles. The molecule has 2 N–H and O–H groups in total. The average Bonchev–Trinajstić information content (AvgIpc) is 2.36. The molecule has 0 saturated heterocycles. The molecule has 0 bridgehead atoms. The van der Waals surface area contributed by atoms with Crippen LogP contribution in [0, 0.1) is 20.8 Å². The van der Waals surface area contributed by atoms with Crippen molar-refractivity contribution in [1.29, 1.82) is 0 Å². The lowest BCUT2D eigenvalue weighted by atomic mass is 10.2. The largest absolute Gasteiger partial charge is 0.478 e. The summed E-state index contributed by atoms with van der Waals surface area (Å²) in [5.74, 6) is -1.37. The molecule has 0 aliphatic carbocycles. The molecule has 7 nitrogen and oxygen atoms in total. The van der Waals surface area contributed by atoms with Gasteiger partial charge in [0.1, 0.15) is 5.69 Å². The van der Waals surface area contributed by atoms with Gasteiger partial charge in [-0.1, -0.05) is 0 Å². The van der Waals surface area contributed by atoms with E-state index in [4.69, 9.17) is 5.11 Å². The Morgan fingerprint density at radius 2 is 1.67 bits per heavy atom. The number of carbonyl (C=O) groups excluding carboxylic acids is 1. The van der Waals surface area contributed by atoms with Gasteiger partial charge in [0.05, 0.1) is 11.3 Å². The normalized spacial score (nSPS) is 10.2. The van der Waals surface area contributed by atoms with Crippen LogP contribution in [0.3, 0.4) is 0 Å². The molecule has 2 aromatic heterocycles. The van der Waals surface area contributed by atoms with Crippen LogP contribution >= 0.6 is 0 Å². The topological polar surface area (TPSA) is 105 Å². The Morgan fingerprint density at radius 1 is 1.05 bits per heavy atom. The first-order valence-electron chi connectivity index (χ1n) is 6.21. The minimum Gasteiger partial charge on any atom is -0.478 e. The van der Waals surface area contributed by atoms with Crippen molar-refractivity contribution < 1.29 is 14.7 Å². The zero-order valence-electron chi connectivity index (χ0n) is 11.8. The Kier molecular flexibility index (Phi) is 3.93. The molecule has 0 fully saturated rings. The first-order valence-corrected chi connectivity index (χ1v) is 6.21. The molecule has 108 valence electrons. The van der Waals surface area contributed by atoms with Crippen molar-refractivity contribution in [3.63, 3.8) is 0 Å². The van der Waals surface area contributed by atoms with Crippen LogP contribution in [-0.2, 0) is 0 Å². The van der Waals surface area contributed by atoms with Crippen LogP contribution in [0.4, 0.5) is 5.95 Å². The smallest absolute Gasteiger partial charge is 0.337 e. The fourth-order valence-corrected chi connectivity index (χ4v) is 1.86. The highest BCUT2D eigenvalue weighted by molar-refractivity contribution is 6.02. The van der Waals surface area contributed by atoms with Crippen molar-refractivity contribution in [1.82, 2.24) is 15.0 Å². The highest BCUT2D eigenvalue weighted by Gasteiger charge is 2.14. The van der Waals surface area contributed by atoms with Gasteiger partial charge in [0.15, 0.2) is 0 Å². The summed E-state index contributed by atoms with van der Waals surface area (Å²) in [5, 5.41) is 11.5. The summed E-state index contributed by atoms with van der Waals surface area (Å²) >= 11 is 0. The number of anilines is 1. The van der Waals surface area contributed by atoms with E-state index in [1.54, 1.807) is 19.9 Å². The van der Waals surface area contributed by atoms with Crippen LogP contribution in [0.2, 0.25) is 0 Å². The SMILES string of the molecule is Cc1cc(C)nc(NC(=O)c2ccc(C(=O)O)c(C)n2)n1. The van der Waals surface area contributed by atoms with Gasteiger partial charge in [0.2, 0.25) is 5.95 Å². The molecule has 1 amide bonds. The maximum absolute atomic E-state index is 12.1. The van der Waals surface area contributed by atoms with Crippen molar-refractivity contribution in [3.05, 3.63) is 46.5 Å². The second-order valence-corrected chi connectivity index (χ2v) is 4.56. The number of aromatic carboxylic acids is 1. The molecule has 21 heavy (non-hydrogen) atoms. The second kappa shape index (κ2) is 5.66. The van der Waals surface area contributed by atoms with Crippen LogP contribution < -0.4 is 5.32 Å². The predicted molar refractivity (Wildman–Crippen MR) is 75.4 cm³/mol. The van der Waals surface area contributed by atoms with Gasteiger partial charge in [-0.05, 0) is 39.0 Å². The Morgan fingerprint density at radius 3 is 2.19 bits per heavy atom. The average molecular weight is 286 g/mol. The number of aryl methyl sites for hydroxylation is 3. The van der Waals surface area contributed by atoms with Crippen molar-refractivity contribution in [2.45, 2.75) is 20.8 Å². The predicted octanol–water partition coefficient (Wildman–Crippen LogP) is 1.75. The number of carboxylic acid groups (broad SMARTS) is 1. The lowest BCUT2D eigenvalue weighted by molar-refractivity contribution is 0.0695. The van der Waals surface area contributed by atoms with E-state index >= 15 is 0 Å². The van der Waals surface area contributed by atoms with E-state index in [-0.39, 0.29) is 22.9 Å². The molecular formula is C14H14N4O3. The van der Waals surface area contributed by atoms with Crippen LogP contribution in [0.1, 0.15) is 37.9 Å². The van der Waals surface area contributed by atoms with E-state index in [2.05, 4.69) is 20.3 Å². The molecule has 0 radical (unpaired) electrons. The fraction of sp³-hybridized carbons (Fsp3) is 0.214. The van der Waals surface area contributed by atoms with Gasteiger partial charge in [0, 0.05) is 11.4 Å². The number of hydrogen-bond donors (Lipinski definition) is 2. The van der Waals surface area contributed by atoms with Crippen molar-refractivity contribution in [2.75, 3.05) is 5.32 Å². The minimum atomic E-state index is -1.08. The Hall–Kier alpha value is -2.83. The molecule has 2 heterocycles. The molecule has 0 saturated carbocycles. The zero-order valence-corrected chi connectivity index (χ0v) is 11.8. The quantitative estimate of drug-likeness (QED) is 0.890. The van der Waals surface area contributed by atoms with Gasteiger partial charge >= 0.3 is 5.97 Å². The maximum Gasteiger partial charge on any atom is 0.337 e. The lowest BCUT2D eigenvalue weighted by Crippen LogP contribution is -2.17. The number of amides is 1. The summed E-state index contributed by atoms with van der Waals surface area (Å²) in [6.07, 6.45) is 0. The number of carbonyl (C=O) groups is 2. The number of nitrogens with one attached hydrogen (secondary N) is 1. The number of carboxylic acids is 1. The van der Waals surface area contributed by atoms with Crippen molar-refractivity contribution >= 4 is 17.8 Å². The number of pyridine rings is 1. The number of hydrogen-bond acceptors (Lipinski definition) is 5. The monoisotopic (exact) mass is 286 g/mol. The highest BCUT2D eigenvalue weighted by Crippen LogP contribution is 2.09. The maximum atomic E-state index is 12.1. The summed E-state index contributed by atoms with van der Waals surface area (Å²) in [5.41, 5.74) is 1.93. The van der Waals surface area contributed by atoms with Gasteiger partial charge in [-0.25, -0.2) is 19.7 Å².